The van der Waals surface area contributed by atoms with Crippen LogP contribution in [0.25, 0.3) is 11.5 Å². The van der Waals surface area contributed by atoms with Crippen molar-refractivity contribution >= 4 is 38.5 Å². The standard InChI is InChI=1S/C9H5BrIN3O2/c10-4-2-1-3-12-6(4)7-13-8(15)5(11)9(16)14-7/h1-3H,(H2,13,14,15,16). The summed E-state index contributed by atoms with van der Waals surface area (Å²) in [6.45, 7) is 0. The van der Waals surface area contributed by atoms with Gasteiger partial charge in [0, 0.05) is 10.7 Å². The Kier molecular flexibility index (Phi) is 3.24. The average molecular weight is 394 g/mol. The molecule has 0 aromatic carbocycles. The van der Waals surface area contributed by atoms with Gasteiger partial charge in [-0.1, -0.05) is 0 Å². The Bertz CT molecular complexity index is 600. The number of nitrogens with one attached hydrogen (secondary N) is 1. The van der Waals surface area contributed by atoms with Crippen LogP contribution in [0.2, 0.25) is 0 Å². The van der Waals surface area contributed by atoms with Crippen LogP contribution >= 0.6 is 38.5 Å². The van der Waals surface area contributed by atoms with E-state index in [-0.39, 0.29) is 20.8 Å². The van der Waals surface area contributed by atoms with E-state index in [1.54, 1.807) is 40.9 Å². The van der Waals surface area contributed by atoms with E-state index in [1.165, 1.54) is 0 Å². The topological polar surface area (TPSA) is 78.9 Å². The fourth-order valence-electron chi connectivity index (χ4n) is 1.12. The van der Waals surface area contributed by atoms with Crippen molar-refractivity contribution in [3.8, 4) is 17.4 Å². The fraction of sp³-hybridized carbons (Fsp3) is 0. The first-order chi connectivity index (χ1) is 7.59. The third kappa shape index (κ3) is 2.09. The Morgan fingerprint density at radius 3 is 2.88 bits per heavy atom. The van der Waals surface area contributed by atoms with Crippen LogP contribution in [-0.2, 0) is 0 Å². The van der Waals surface area contributed by atoms with Gasteiger partial charge in [0.25, 0.3) is 5.56 Å². The minimum Gasteiger partial charge on any atom is -0.492 e. The van der Waals surface area contributed by atoms with E-state index in [0.717, 1.165) is 0 Å². The van der Waals surface area contributed by atoms with Gasteiger partial charge in [0.2, 0.25) is 5.88 Å². The number of H-pyrrole nitrogens is 1. The monoisotopic (exact) mass is 393 g/mol. The number of aromatic hydroxyl groups is 1. The average Bonchev–Trinajstić information content (AvgIpc) is 2.26. The number of halogens is 2. The molecule has 0 bridgehead atoms. The number of hydrogen-bond donors (Lipinski definition) is 2. The largest absolute Gasteiger partial charge is 0.492 e. The van der Waals surface area contributed by atoms with Gasteiger partial charge in [-0.15, -0.1) is 0 Å². The lowest BCUT2D eigenvalue weighted by Gasteiger charge is -2.03. The van der Waals surface area contributed by atoms with Crippen molar-refractivity contribution in [1.29, 1.82) is 0 Å². The van der Waals surface area contributed by atoms with Gasteiger partial charge in [0.05, 0.1) is 0 Å². The molecule has 2 aromatic heterocycles. The first-order valence-electron chi connectivity index (χ1n) is 4.19. The van der Waals surface area contributed by atoms with Crippen molar-refractivity contribution in [2.45, 2.75) is 0 Å². The highest BCUT2D eigenvalue weighted by Gasteiger charge is 2.11. The van der Waals surface area contributed by atoms with Crippen LogP contribution in [0.3, 0.4) is 0 Å². The molecular formula is C9H5BrIN3O2. The predicted octanol–water partition coefficient (Wildman–Crippen LogP) is 1.90. The molecule has 82 valence electrons. The van der Waals surface area contributed by atoms with Crippen LogP contribution in [0.1, 0.15) is 0 Å². The van der Waals surface area contributed by atoms with Gasteiger partial charge < -0.3 is 10.1 Å². The second kappa shape index (κ2) is 4.50. The maximum Gasteiger partial charge on any atom is 0.268 e. The number of hydrogen-bond acceptors (Lipinski definition) is 4. The summed E-state index contributed by atoms with van der Waals surface area (Å²) in [5.41, 5.74) is 0.0898. The molecule has 0 fully saturated rings. The van der Waals surface area contributed by atoms with E-state index < -0.39 is 0 Å². The molecule has 0 radical (unpaired) electrons. The van der Waals surface area contributed by atoms with Gasteiger partial charge in [-0.05, 0) is 50.7 Å². The smallest absolute Gasteiger partial charge is 0.268 e. The Morgan fingerprint density at radius 2 is 2.25 bits per heavy atom. The van der Waals surface area contributed by atoms with Crippen LogP contribution in [0.4, 0.5) is 0 Å². The number of pyridine rings is 1. The second-order valence-corrected chi connectivity index (χ2v) is 4.82. The molecule has 0 saturated heterocycles. The molecule has 16 heavy (non-hydrogen) atoms. The zero-order valence-electron chi connectivity index (χ0n) is 7.74. The number of aromatic nitrogens is 3. The van der Waals surface area contributed by atoms with E-state index >= 15 is 0 Å². The predicted molar refractivity (Wildman–Crippen MR) is 70.2 cm³/mol. The van der Waals surface area contributed by atoms with Gasteiger partial charge in [0.1, 0.15) is 9.26 Å². The van der Waals surface area contributed by atoms with Crippen molar-refractivity contribution < 1.29 is 5.11 Å². The summed E-state index contributed by atoms with van der Waals surface area (Å²) in [7, 11) is 0. The van der Waals surface area contributed by atoms with Gasteiger partial charge in [0.15, 0.2) is 5.82 Å². The molecule has 2 rings (SSSR count). The van der Waals surface area contributed by atoms with Crippen LogP contribution in [0.5, 0.6) is 5.88 Å². The van der Waals surface area contributed by atoms with Crippen molar-refractivity contribution in [3.63, 3.8) is 0 Å². The molecule has 0 amide bonds. The summed E-state index contributed by atoms with van der Waals surface area (Å²) in [5, 5.41) is 9.45. The van der Waals surface area contributed by atoms with Gasteiger partial charge in [-0.2, -0.15) is 4.98 Å². The first-order valence-corrected chi connectivity index (χ1v) is 6.06. The van der Waals surface area contributed by atoms with E-state index in [2.05, 4.69) is 30.9 Å². The zero-order chi connectivity index (χ0) is 11.7. The third-order valence-electron chi connectivity index (χ3n) is 1.83. The molecule has 5 nitrogen and oxygen atoms in total. The van der Waals surface area contributed by atoms with Crippen molar-refractivity contribution in [1.82, 2.24) is 15.0 Å². The molecule has 0 unspecified atom stereocenters. The summed E-state index contributed by atoms with van der Waals surface area (Å²) in [6, 6.07) is 3.52. The fourth-order valence-corrected chi connectivity index (χ4v) is 1.82. The van der Waals surface area contributed by atoms with Crippen molar-refractivity contribution in [2.75, 3.05) is 0 Å². The molecule has 0 saturated carbocycles. The highest BCUT2D eigenvalue weighted by Crippen LogP contribution is 2.23. The summed E-state index contributed by atoms with van der Waals surface area (Å²) < 4.78 is 0.854. The minimum atomic E-state index is -0.388. The van der Waals surface area contributed by atoms with E-state index in [0.29, 0.717) is 10.2 Å². The van der Waals surface area contributed by atoms with Gasteiger partial charge in [-0.3, -0.25) is 9.78 Å². The number of rotatable bonds is 1. The molecule has 7 heteroatoms. The van der Waals surface area contributed by atoms with Crippen LogP contribution in [0.15, 0.2) is 27.6 Å². The Hall–Kier alpha value is -0.960. The molecule has 2 N–H and O–H groups in total. The molecule has 2 heterocycles. The van der Waals surface area contributed by atoms with E-state index in [4.69, 9.17) is 0 Å². The molecule has 0 aliphatic heterocycles. The molecule has 0 aliphatic rings. The zero-order valence-corrected chi connectivity index (χ0v) is 11.5. The number of aromatic amines is 1. The Morgan fingerprint density at radius 1 is 1.50 bits per heavy atom. The van der Waals surface area contributed by atoms with E-state index in [1.807, 2.05) is 0 Å². The quantitative estimate of drug-likeness (QED) is 0.725. The van der Waals surface area contributed by atoms with Crippen LogP contribution in [-0.4, -0.2) is 20.1 Å². The molecular weight excluding hydrogens is 389 g/mol. The minimum absolute atomic E-state index is 0.161. The lowest BCUT2D eigenvalue weighted by Crippen LogP contribution is -2.12. The Labute approximate surface area is 112 Å². The Balaban J connectivity index is 2.67. The summed E-state index contributed by atoms with van der Waals surface area (Å²) >= 11 is 5.02. The molecule has 0 spiro atoms. The normalized spacial score (nSPS) is 10.4. The van der Waals surface area contributed by atoms with E-state index in [9.17, 15) is 9.90 Å². The van der Waals surface area contributed by atoms with Gasteiger partial charge >= 0.3 is 0 Å². The lowest BCUT2D eigenvalue weighted by atomic mass is 10.3. The highest BCUT2D eigenvalue weighted by atomic mass is 127. The lowest BCUT2D eigenvalue weighted by molar-refractivity contribution is 0.447. The van der Waals surface area contributed by atoms with Crippen LogP contribution < -0.4 is 5.56 Å². The first kappa shape index (κ1) is 11.5. The molecule has 0 aliphatic carbocycles. The second-order valence-electron chi connectivity index (χ2n) is 2.89. The molecule has 0 atom stereocenters. The number of nitrogens with zero attached hydrogens (tertiary/aromatic N) is 2. The highest BCUT2D eigenvalue weighted by molar-refractivity contribution is 14.1. The maximum atomic E-state index is 11.4. The SMILES string of the molecule is O=c1[nH]c(-c2ncccc2Br)nc(O)c1I. The summed E-state index contributed by atoms with van der Waals surface area (Å²) in [6.07, 6.45) is 1.58. The summed E-state index contributed by atoms with van der Waals surface area (Å²) in [4.78, 5) is 21.9. The van der Waals surface area contributed by atoms with Crippen LogP contribution in [0, 0.1) is 3.57 Å². The maximum absolute atomic E-state index is 11.4. The molecule has 2 aromatic rings. The third-order valence-corrected chi connectivity index (χ3v) is 3.44. The summed E-state index contributed by atoms with van der Waals surface area (Å²) in [5.74, 6) is -0.0627. The van der Waals surface area contributed by atoms with Gasteiger partial charge in [-0.25, -0.2) is 0 Å². The van der Waals surface area contributed by atoms with Crippen molar-refractivity contribution in [2.24, 2.45) is 0 Å². The van der Waals surface area contributed by atoms with Crippen molar-refractivity contribution in [3.05, 3.63) is 36.7 Å².